The van der Waals surface area contributed by atoms with E-state index in [1.807, 2.05) is 48.7 Å². The number of benzene rings is 2. The number of amides is 2. The Balaban J connectivity index is 1.41. The molecule has 7 nitrogen and oxygen atoms in total. The Hall–Kier alpha value is -3.65. The number of nitrogens with one attached hydrogen (secondary N) is 2. The predicted molar refractivity (Wildman–Crippen MR) is 134 cm³/mol. The van der Waals surface area contributed by atoms with Crippen LogP contribution in [0.3, 0.4) is 0 Å². The van der Waals surface area contributed by atoms with Crippen molar-refractivity contribution in [1.29, 1.82) is 0 Å². The first-order valence-corrected chi connectivity index (χ1v) is 12.5. The minimum atomic E-state index is -0.923. The summed E-state index contributed by atoms with van der Waals surface area (Å²) in [5.41, 5.74) is 4.50. The molecule has 3 N–H and O–H groups in total. The number of ether oxygens (including phenoxy) is 1. The number of thiophene rings is 1. The fourth-order valence-corrected chi connectivity index (χ4v) is 5.21. The van der Waals surface area contributed by atoms with Crippen molar-refractivity contribution < 1.29 is 24.2 Å². The molecule has 2 amide bonds. The van der Waals surface area contributed by atoms with Gasteiger partial charge in [0.15, 0.2) is 0 Å². The van der Waals surface area contributed by atoms with Crippen LogP contribution >= 0.6 is 11.3 Å². The molecule has 0 bridgehead atoms. The summed E-state index contributed by atoms with van der Waals surface area (Å²) in [7, 11) is 0. The van der Waals surface area contributed by atoms with Crippen molar-refractivity contribution in [2.45, 2.75) is 31.7 Å². The fourth-order valence-electron chi connectivity index (χ4n) is 4.43. The van der Waals surface area contributed by atoms with E-state index in [4.69, 9.17) is 9.84 Å². The molecule has 0 radical (unpaired) electrons. The largest absolute Gasteiger partial charge is 0.481 e. The third-order valence-electron chi connectivity index (χ3n) is 6.30. The lowest BCUT2D eigenvalue weighted by molar-refractivity contribution is -0.138. The zero-order valence-electron chi connectivity index (χ0n) is 19.4. The van der Waals surface area contributed by atoms with E-state index in [0.717, 1.165) is 22.3 Å². The highest BCUT2D eigenvalue weighted by atomic mass is 32.1. The van der Waals surface area contributed by atoms with Gasteiger partial charge in [-0.1, -0.05) is 67.9 Å². The van der Waals surface area contributed by atoms with Gasteiger partial charge in [-0.25, -0.2) is 4.79 Å². The monoisotopic (exact) mass is 492 g/mol. The maximum Gasteiger partial charge on any atom is 0.408 e. The van der Waals surface area contributed by atoms with Crippen LogP contribution in [0.15, 0.2) is 66.0 Å². The Kier molecular flexibility index (Phi) is 7.82. The molecule has 2 atom stereocenters. The number of aliphatic carboxylic acids is 1. The highest BCUT2D eigenvalue weighted by molar-refractivity contribution is 7.10. The van der Waals surface area contributed by atoms with Gasteiger partial charge in [0.05, 0.1) is 0 Å². The Labute approximate surface area is 208 Å². The molecule has 1 aliphatic rings. The molecule has 4 rings (SSSR count). The van der Waals surface area contributed by atoms with Crippen LogP contribution < -0.4 is 10.6 Å². The highest BCUT2D eigenvalue weighted by Gasteiger charge is 2.30. The van der Waals surface area contributed by atoms with Gasteiger partial charge in [-0.2, -0.15) is 0 Å². The molecule has 0 saturated carbocycles. The Morgan fingerprint density at radius 2 is 1.66 bits per heavy atom. The van der Waals surface area contributed by atoms with Gasteiger partial charge in [0.25, 0.3) is 0 Å². The number of carbonyl (C=O) groups excluding carboxylic acids is 2. The molecule has 3 aromatic rings. The second kappa shape index (κ2) is 11.2. The first kappa shape index (κ1) is 24.5. The molecule has 1 aromatic heterocycles. The van der Waals surface area contributed by atoms with Crippen molar-refractivity contribution in [1.82, 2.24) is 10.6 Å². The Morgan fingerprint density at radius 3 is 2.23 bits per heavy atom. The number of carboxylic acids is 1. The molecule has 1 aliphatic carbocycles. The van der Waals surface area contributed by atoms with Crippen LogP contribution in [-0.4, -0.2) is 36.2 Å². The average molecular weight is 493 g/mol. The molecule has 0 saturated heterocycles. The lowest BCUT2D eigenvalue weighted by Crippen LogP contribution is -2.42. The number of carboxylic acid groups (broad SMARTS) is 1. The molecule has 0 fully saturated rings. The van der Waals surface area contributed by atoms with Crippen molar-refractivity contribution in [2.24, 2.45) is 5.92 Å². The van der Waals surface area contributed by atoms with Crippen molar-refractivity contribution in [2.75, 3.05) is 13.2 Å². The second-order valence-corrected chi connectivity index (χ2v) is 9.51. The average Bonchev–Trinajstić information content (AvgIpc) is 3.50. The standard InChI is InChI=1S/C27H28N2O5S/c1-2-17(14-24(30)31)15-28-26(32)25(23-12-7-13-35-23)29-27(33)34-16-22-20-10-5-3-8-18(20)19-9-4-6-11-21(19)22/h3-13,17,22,25H,2,14-16H2,1H3,(H,28,32)(H,29,33)(H,30,31). The van der Waals surface area contributed by atoms with Gasteiger partial charge in [-0.05, 0) is 39.6 Å². The summed E-state index contributed by atoms with van der Waals surface area (Å²) in [5, 5.41) is 16.4. The number of hydrogen-bond donors (Lipinski definition) is 3. The van der Waals surface area contributed by atoms with Crippen LogP contribution in [0.5, 0.6) is 0 Å². The smallest absolute Gasteiger partial charge is 0.408 e. The van der Waals surface area contributed by atoms with Crippen LogP contribution in [0, 0.1) is 5.92 Å². The van der Waals surface area contributed by atoms with Crippen molar-refractivity contribution >= 4 is 29.3 Å². The van der Waals surface area contributed by atoms with Crippen molar-refractivity contribution in [3.63, 3.8) is 0 Å². The number of alkyl carbamates (subject to hydrolysis) is 1. The summed E-state index contributed by atoms with van der Waals surface area (Å²) in [4.78, 5) is 37.4. The SMILES string of the molecule is CCC(CNC(=O)C(NC(=O)OCC1c2ccccc2-c2ccccc21)c1cccs1)CC(=O)O. The molecule has 2 unspecified atom stereocenters. The van der Waals surface area contributed by atoms with Crippen LogP contribution in [0.1, 0.15) is 47.7 Å². The number of carbonyl (C=O) groups is 3. The molecular formula is C27H28N2O5S. The predicted octanol–water partition coefficient (Wildman–Crippen LogP) is 4.95. The summed E-state index contributed by atoms with van der Waals surface area (Å²) >= 11 is 1.35. The summed E-state index contributed by atoms with van der Waals surface area (Å²) in [6.45, 7) is 2.25. The summed E-state index contributed by atoms with van der Waals surface area (Å²) in [6.07, 6.45) is -0.0889. The minimum Gasteiger partial charge on any atom is -0.481 e. The van der Waals surface area contributed by atoms with E-state index in [9.17, 15) is 14.4 Å². The highest BCUT2D eigenvalue weighted by Crippen LogP contribution is 2.44. The van der Waals surface area contributed by atoms with E-state index in [1.54, 1.807) is 12.1 Å². The van der Waals surface area contributed by atoms with Crippen LogP contribution in [-0.2, 0) is 14.3 Å². The maximum atomic E-state index is 12.9. The lowest BCUT2D eigenvalue weighted by atomic mass is 9.98. The summed E-state index contributed by atoms with van der Waals surface area (Å²) in [5.74, 6) is -1.57. The van der Waals surface area contributed by atoms with Crippen molar-refractivity contribution in [3.8, 4) is 11.1 Å². The van der Waals surface area contributed by atoms with E-state index in [0.29, 0.717) is 11.3 Å². The molecule has 182 valence electrons. The molecular weight excluding hydrogens is 464 g/mol. The van der Waals surface area contributed by atoms with Crippen LogP contribution in [0.4, 0.5) is 4.79 Å². The van der Waals surface area contributed by atoms with Crippen molar-refractivity contribution in [3.05, 3.63) is 82.0 Å². The van der Waals surface area contributed by atoms with Gasteiger partial charge >= 0.3 is 12.1 Å². The minimum absolute atomic E-state index is 0.0275. The third kappa shape index (κ3) is 5.71. The zero-order chi connectivity index (χ0) is 24.8. The van der Waals surface area contributed by atoms with Gasteiger partial charge < -0.3 is 20.5 Å². The van der Waals surface area contributed by atoms with Gasteiger partial charge in [-0.15, -0.1) is 11.3 Å². The quantitative estimate of drug-likeness (QED) is 0.372. The van der Waals surface area contributed by atoms with E-state index in [1.165, 1.54) is 11.3 Å². The molecule has 8 heteroatoms. The number of fused-ring (bicyclic) bond motifs is 3. The third-order valence-corrected chi connectivity index (χ3v) is 7.24. The number of hydrogen-bond acceptors (Lipinski definition) is 5. The Morgan fingerprint density at radius 1 is 1.00 bits per heavy atom. The van der Waals surface area contributed by atoms with Gasteiger partial charge in [0.1, 0.15) is 12.6 Å². The zero-order valence-corrected chi connectivity index (χ0v) is 20.2. The van der Waals surface area contributed by atoms with Gasteiger partial charge in [-0.3, -0.25) is 9.59 Å². The molecule has 35 heavy (non-hydrogen) atoms. The normalized spacial score (nSPS) is 13.9. The number of rotatable bonds is 10. The molecule has 1 heterocycles. The van der Waals surface area contributed by atoms with Crippen LogP contribution in [0.2, 0.25) is 0 Å². The van der Waals surface area contributed by atoms with E-state index < -0.39 is 24.0 Å². The van der Waals surface area contributed by atoms with E-state index >= 15 is 0 Å². The first-order valence-electron chi connectivity index (χ1n) is 11.6. The van der Waals surface area contributed by atoms with Crippen LogP contribution in [0.25, 0.3) is 11.1 Å². The molecule has 0 spiro atoms. The first-order chi connectivity index (χ1) is 17.0. The fraction of sp³-hybridized carbons (Fsp3) is 0.296. The van der Waals surface area contributed by atoms with E-state index in [2.05, 4.69) is 22.8 Å². The maximum absolute atomic E-state index is 12.9. The molecule has 0 aliphatic heterocycles. The topological polar surface area (TPSA) is 105 Å². The van der Waals surface area contributed by atoms with E-state index in [-0.39, 0.29) is 31.4 Å². The lowest BCUT2D eigenvalue weighted by Gasteiger charge is -2.20. The van der Waals surface area contributed by atoms with Gasteiger partial charge in [0, 0.05) is 23.8 Å². The summed E-state index contributed by atoms with van der Waals surface area (Å²) in [6, 6.07) is 18.8. The summed E-state index contributed by atoms with van der Waals surface area (Å²) < 4.78 is 5.61. The second-order valence-electron chi connectivity index (χ2n) is 8.54. The molecule has 2 aromatic carbocycles. The van der Waals surface area contributed by atoms with Gasteiger partial charge in [0.2, 0.25) is 5.91 Å². The Bertz CT molecular complexity index is 1150.